The van der Waals surface area contributed by atoms with Crippen molar-refractivity contribution < 1.29 is 27.4 Å². The molecule has 0 aliphatic rings. The van der Waals surface area contributed by atoms with Crippen LogP contribution in [-0.2, 0) is 12.6 Å². The van der Waals surface area contributed by atoms with E-state index >= 15 is 0 Å². The molecule has 6 nitrogen and oxygen atoms in total. The molecule has 0 spiro atoms. The standard InChI is InChI=1S/C25H26F3N3O3/c1-3-33-21-11-10-17(15-22(21)34-4-2)12-14-30-23-20(9-6-13-29-23)24(32)31-19-8-5-7-18(16-19)25(26,27)28/h5-11,13,15-16H,3-4,12,14H2,1-2H3,(H,29,30)(H,31,32). The first-order valence-corrected chi connectivity index (χ1v) is 10.9. The molecule has 0 bridgehead atoms. The van der Waals surface area contributed by atoms with Gasteiger partial charge in [0, 0.05) is 18.4 Å². The van der Waals surface area contributed by atoms with Crippen LogP contribution in [-0.4, -0.2) is 30.6 Å². The van der Waals surface area contributed by atoms with Crippen LogP contribution in [0.2, 0.25) is 0 Å². The highest BCUT2D eigenvalue weighted by Gasteiger charge is 2.30. The fourth-order valence-electron chi connectivity index (χ4n) is 3.28. The number of nitrogens with one attached hydrogen (secondary N) is 2. The molecule has 1 amide bonds. The van der Waals surface area contributed by atoms with Gasteiger partial charge in [0.25, 0.3) is 5.91 Å². The van der Waals surface area contributed by atoms with Crippen molar-refractivity contribution in [3.05, 3.63) is 77.5 Å². The van der Waals surface area contributed by atoms with Gasteiger partial charge in [-0.3, -0.25) is 4.79 Å². The van der Waals surface area contributed by atoms with E-state index in [-0.39, 0.29) is 11.3 Å². The number of hydrogen-bond acceptors (Lipinski definition) is 5. The maximum atomic E-state index is 13.0. The van der Waals surface area contributed by atoms with Crippen molar-refractivity contribution in [3.8, 4) is 11.5 Å². The average Bonchev–Trinajstić information content (AvgIpc) is 2.81. The normalized spacial score (nSPS) is 11.1. The van der Waals surface area contributed by atoms with E-state index in [4.69, 9.17) is 9.47 Å². The molecule has 180 valence electrons. The summed E-state index contributed by atoms with van der Waals surface area (Å²) in [6.07, 6.45) is -2.34. The van der Waals surface area contributed by atoms with E-state index in [2.05, 4.69) is 15.6 Å². The number of pyridine rings is 1. The molecule has 1 heterocycles. The largest absolute Gasteiger partial charge is 0.490 e. The number of nitrogens with zero attached hydrogens (tertiary/aromatic N) is 1. The lowest BCUT2D eigenvalue weighted by Crippen LogP contribution is -2.17. The molecular weight excluding hydrogens is 447 g/mol. The molecule has 0 aliphatic carbocycles. The lowest BCUT2D eigenvalue weighted by molar-refractivity contribution is -0.137. The first-order valence-electron chi connectivity index (χ1n) is 10.9. The number of alkyl halides is 3. The van der Waals surface area contributed by atoms with Gasteiger partial charge in [0.05, 0.1) is 24.3 Å². The van der Waals surface area contributed by atoms with Gasteiger partial charge in [0.1, 0.15) is 5.82 Å². The summed E-state index contributed by atoms with van der Waals surface area (Å²) >= 11 is 0. The molecule has 3 rings (SSSR count). The lowest BCUT2D eigenvalue weighted by Gasteiger charge is -2.14. The number of aromatic nitrogens is 1. The summed E-state index contributed by atoms with van der Waals surface area (Å²) in [4.78, 5) is 17.0. The number of hydrogen-bond donors (Lipinski definition) is 2. The van der Waals surface area contributed by atoms with Crippen LogP contribution < -0.4 is 20.1 Å². The number of carbonyl (C=O) groups is 1. The van der Waals surface area contributed by atoms with Gasteiger partial charge in [-0.15, -0.1) is 0 Å². The number of carbonyl (C=O) groups excluding carboxylic acids is 1. The highest BCUT2D eigenvalue weighted by molar-refractivity contribution is 6.07. The minimum Gasteiger partial charge on any atom is -0.490 e. The average molecular weight is 473 g/mol. The van der Waals surface area contributed by atoms with Crippen LogP contribution in [0.25, 0.3) is 0 Å². The van der Waals surface area contributed by atoms with Gasteiger partial charge in [-0.25, -0.2) is 4.98 Å². The quantitative estimate of drug-likeness (QED) is 0.389. The van der Waals surface area contributed by atoms with Crippen LogP contribution in [0, 0.1) is 0 Å². The maximum absolute atomic E-state index is 13.0. The molecule has 0 unspecified atom stereocenters. The highest BCUT2D eigenvalue weighted by atomic mass is 19.4. The molecule has 0 atom stereocenters. The number of amides is 1. The highest BCUT2D eigenvalue weighted by Crippen LogP contribution is 2.31. The molecular formula is C25H26F3N3O3. The molecule has 2 aromatic carbocycles. The number of rotatable bonds is 10. The minimum absolute atomic E-state index is 0.0486. The molecule has 9 heteroatoms. The summed E-state index contributed by atoms with van der Waals surface area (Å²) in [5.41, 5.74) is 0.441. The van der Waals surface area contributed by atoms with Crippen molar-refractivity contribution in [1.29, 1.82) is 0 Å². The van der Waals surface area contributed by atoms with Gasteiger partial charge < -0.3 is 20.1 Å². The van der Waals surface area contributed by atoms with E-state index in [1.807, 2.05) is 32.0 Å². The monoisotopic (exact) mass is 473 g/mol. The Kier molecular flexibility index (Phi) is 8.34. The van der Waals surface area contributed by atoms with Crippen LogP contribution in [0.15, 0.2) is 60.8 Å². The molecule has 34 heavy (non-hydrogen) atoms. The third kappa shape index (κ3) is 6.63. The summed E-state index contributed by atoms with van der Waals surface area (Å²) in [6, 6.07) is 13.3. The number of benzene rings is 2. The zero-order valence-electron chi connectivity index (χ0n) is 18.9. The van der Waals surface area contributed by atoms with Gasteiger partial charge in [0.2, 0.25) is 0 Å². The van der Waals surface area contributed by atoms with Crippen molar-refractivity contribution in [2.45, 2.75) is 26.4 Å². The van der Waals surface area contributed by atoms with Gasteiger partial charge >= 0.3 is 6.18 Å². The second-order valence-corrected chi connectivity index (χ2v) is 7.26. The summed E-state index contributed by atoms with van der Waals surface area (Å²) < 4.78 is 50.1. The maximum Gasteiger partial charge on any atom is 0.416 e. The van der Waals surface area contributed by atoms with E-state index in [9.17, 15) is 18.0 Å². The Hall–Kier alpha value is -3.75. The Morgan fingerprint density at radius 1 is 0.971 bits per heavy atom. The zero-order valence-corrected chi connectivity index (χ0v) is 18.9. The summed E-state index contributed by atoms with van der Waals surface area (Å²) in [5.74, 6) is 1.12. The van der Waals surface area contributed by atoms with Crippen molar-refractivity contribution in [2.24, 2.45) is 0 Å². The second-order valence-electron chi connectivity index (χ2n) is 7.26. The van der Waals surface area contributed by atoms with Crippen LogP contribution in [0.3, 0.4) is 0 Å². The van der Waals surface area contributed by atoms with E-state index in [1.54, 1.807) is 12.1 Å². The van der Waals surface area contributed by atoms with Crippen molar-refractivity contribution >= 4 is 17.4 Å². The zero-order chi connectivity index (χ0) is 24.6. The van der Waals surface area contributed by atoms with Crippen LogP contribution in [0.5, 0.6) is 11.5 Å². The SMILES string of the molecule is CCOc1ccc(CCNc2ncccc2C(=O)Nc2cccc(C(F)(F)F)c2)cc1OCC. The van der Waals surface area contributed by atoms with E-state index in [0.717, 1.165) is 17.7 Å². The second kappa shape index (κ2) is 11.4. The molecule has 3 aromatic rings. The Bertz CT molecular complexity index is 1120. The van der Waals surface area contributed by atoms with Crippen molar-refractivity contribution in [2.75, 3.05) is 30.4 Å². The molecule has 0 radical (unpaired) electrons. The Labute approximate surface area is 196 Å². The van der Waals surface area contributed by atoms with Gasteiger partial charge in [-0.2, -0.15) is 13.2 Å². The van der Waals surface area contributed by atoms with Crippen LogP contribution >= 0.6 is 0 Å². The summed E-state index contributed by atoms with van der Waals surface area (Å²) in [5, 5.41) is 5.64. The summed E-state index contributed by atoms with van der Waals surface area (Å²) in [6.45, 7) is 5.32. The van der Waals surface area contributed by atoms with Gasteiger partial charge in [-0.05, 0) is 68.3 Å². The lowest BCUT2D eigenvalue weighted by atomic mass is 10.1. The molecule has 0 aliphatic heterocycles. The minimum atomic E-state index is -4.50. The molecule has 0 fully saturated rings. The number of ether oxygens (including phenoxy) is 2. The predicted molar refractivity (Wildman–Crippen MR) is 125 cm³/mol. The van der Waals surface area contributed by atoms with Crippen LogP contribution in [0.1, 0.15) is 35.3 Å². The Morgan fingerprint density at radius 3 is 2.47 bits per heavy atom. The smallest absolute Gasteiger partial charge is 0.416 e. The Morgan fingerprint density at radius 2 is 1.74 bits per heavy atom. The third-order valence-electron chi connectivity index (χ3n) is 4.81. The molecule has 2 N–H and O–H groups in total. The van der Waals surface area contributed by atoms with Crippen molar-refractivity contribution in [1.82, 2.24) is 4.98 Å². The predicted octanol–water partition coefficient (Wildman–Crippen LogP) is 5.80. The van der Waals surface area contributed by atoms with E-state index < -0.39 is 17.6 Å². The van der Waals surface area contributed by atoms with E-state index in [0.29, 0.717) is 43.5 Å². The van der Waals surface area contributed by atoms with Crippen molar-refractivity contribution in [3.63, 3.8) is 0 Å². The molecule has 1 aromatic heterocycles. The topological polar surface area (TPSA) is 72.5 Å². The summed E-state index contributed by atoms with van der Waals surface area (Å²) in [7, 11) is 0. The molecule has 0 saturated carbocycles. The van der Waals surface area contributed by atoms with Gasteiger partial charge in [0.15, 0.2) is 11.5 Å². The third-order valence-corrected chi connectivity index (χ3v) is 4.81. The van der Waals surface area contributed by atoms with E-state index in [1.165, 1.54) is 18.3 Å². The molecule has 0 saturated heterocycles. The first kappa shape index (κ1) is 24.9. The number of anilines is 2. The Balaban J connectivity index is 1.67. The van der Waals surface area contributed by atoms with Crippen LogP contribution in [0.4, 0.5) is 24.7 Å². The fraction of sp³-hybridized carbons (Fsp3) is 0.280. The number of halogens is 3. The van der Waals surface area contributed by atoms with Gasteiger partial charge in [-0.1, -0.05) is 12.1 Å². The first-order chi connectivity index (χ1) is 16.3. The fourth-order valence-corrected chi connectivity index (χ4v) is 3.28.